The van der Waals surface area contributed by atoms with Crippen LogP contribution in [0.2, 0.25) is 0 Å². The molecular formula is C24H24N4OS. The van der Waals surface area contributed by atoms with Crippen LogP contribution in [0.1, 0.15) is 38.1 Å². The van der Waals surface area contributed by atoms with Crippen LogP contribution < -0.4 is 5.43 Å². The number of benzene rings is 2. The van der Waals surface area contributed by atoms with E-state index >= 15 is 0 Å². The number of carbonyl (C=O) groups is 1. The zero-order valence-corrected chi connectivity index (χ0v) is 17.7. The van der Waals surface area contributed by atoms with Gasteiger partial charge in [-0.2, -0.15) is 5.10 Å². The molecular weight excluding hydrogens is 392 g/mol. The van der Waals surface area contributed by atoms with E-state index in [1.807, 2.05) is 22.4 Å². The Morgan fingerprint density at radius 3 is 2.50 bits per heavy atom. The molecule has 1 N–H and O–H groups in total. The van der Waals surface area contributed by atoms with Crippen molar-refractivity contribution in [2.45, 2.75) is 13.1 Å². The molecule has 5 nitrogen and oxygen atoms in total. The molecule has 1 unspecified atom stereocenters. The third-order valence-electron chi connectivity index (χ3n) is 5.83. The van der Waals surface area contributed by atoms with Crippen LogP contribution in [0.5, 0.6) is 0 Å². The molecule has 2 aliphatic heterocycles. The van der Waals surface area contributed by atoms with Crippen LogP contribution in [0.4, 0.5) is 0 Å². The van der Waals surface area contributed by atoms with E-state index in [1.54, 1.807) is 0 Å². The number of aryl methyl sites for hydroxylation is 1. The largest absolute Gasteiger partial charge is 0.335 e. The number of hydrogen-bond donors (Lipinski definition) is 1. The lowest BCUT2D eigenvalue weighted by atomic mass is 9.94. The fourth-order valence-electron chi connectivity index (χ4n) is 4.16. The standard InChI is InChI=1S/C24H24N4OS/c1-17-8-10-18(11-9-17)22-19-5-2-3-6-20(19)23(26-25-22)27-12-14-28(15-13-27)24(29)21-7-4-16-30-21/h2-11,16,23,26H,12-15H2,1H3. The summed E-state index contributed by atoms with van der Waals surface area (Å²) in [5, 5.41) is 6.72. The zero-order valence-electron chi connectivity index (χ0n) is 16.9. The van der Waals surface area contributed by atoms with Crippen molar-refractivity contribution in [1.29, 1.82) is 0 Å². The van der Waals surface area contributed by atoms with E-state index in [0.717, 1.165) is 42.3 Å². The van der Waals surface area contributed by atoms with Crippen LogP contribution in [-0.2, 0) is 0 Å². The minimum absolute atomic E-state index is 0.0226. The lowest BCUT2D eigenvalue weighted by molar-refractivity contribution is 0.0529. The highest BCUT2D eigenvalue weighted by Crippen LogP contribution is 2.29. The molecule has 0 bridgehead atoms. The monoisotopic (exact) mass is 416 g/mol. The topological polar surface area (TPSA) is 47.9 Å². The molecule has 0 saturated carbocycles. The number of hydrazone groups is 1. The average Bonchev–Trinajstić information content (AvgIpc) is 3.34. The Balaban J connectivity index is 1.34. The van der Waals surface area contributed by atoms with Gasteiger partial charge in [0, 0.05) is 37.3 Å². The number of carbonyl (C=O) groups excluding carboxylic acids is 1. The van der Waals surface area contributed by atoms with Crippen molar-refractivity contribution in [3.8, 4) is 0 Å². The lowest BCUT2D eigenvalue weighted by Crippen LogP contribution is -2.52. The molecule has 1 fully saturated rings. The minimum atomic E-state index is 0.0226. The first-order chi connectivity index (χ1) is 14.7. The number of fused-ring (bicyclic) bond motifs is 1. The van der Waals surface area contributed by atoms with Gasteiger partial charge in [0.15, 0.2) is 0 Å². The minimum Gasteiger partial charge on any atom is -0.335 e. The Morgan fingerprint density at radius 1 is 1.00 bits per heavy atom. The van der Waals surface area contributed by atoms with Crippen molar-refractivity contribution in [2.75, 3.05) is 26.2 Å². The number of amides is 1. The SMILES string of the molecule is Cc1ccc(C2=NNC(N3CCN(C(=O)c4cccs4)CC3)c3ccccc32)cc1. The fourth-order valence-corrected chi connectivity index (χ4v) is 4.85. The van der Waals surface area contributed by atoms with Crippen LogP contribution in [0.15, 0.2) is 71.1 Å². The second-order valence-corrected chi connectivity index (χ2v) is 8.70. The summed E-state index contributed by atoms with van der Waals surface area (Å²) in [6.07, 6.45) is 0.0226. The first-order valence-electron chi connectivity index (χ1n) is 10.3. The molecule has 2 aromatic carbocycles. The molecule has 6 heteroatoms. The van der Waals surface area contributed by atoms with Gasteiger partial charge in [0.25, 0.3) is 5.91 Å². The van der Waals surface area contributed by atoms with Gasteiger partial charge in [-0.25, -0.2) is 0 Å². The van der Waals surface area contributed by atoms with Crippen molar-refractivity contribution in [3.63, 3.8) is 0 Å². The molecule has 5 rings (SSSR count). The molecule has 0 spiro atoms. The summed E-state index contributed by atoms with van der Waals surface area (Å²) in [7, 11) is 0. The Bertz CT molecular complexity index is 1070. The Labute approximate surface area is 180 Å². The zero-order chi connectivity index (χ0) is 20.5. The maximum atomic E-state index is 12.6. The van der Waals surface area contributed by atoms with Crippen molar-refractivity contribution < 1.29 is 4.79 Å². The summed E-state index contributed by atoms with van der Waals surface area (Å²) >= 11 is 1.51. The molecule has 3 heterocycles. The normalized spacial score (nSPS) is 19.0. The van der Waals surface area contributed by atoms with Gasteiger partial charge >= 0.3 is 0 Å². The molecule has 0 radical (unpaired) electrons. The van der Waals surface area contributed by atoms with Gasteiger partial charge < -0.3 is 4.90 Å². The molecule has 2 aliphatic rings. The molecule has 1 amide bonds. The fraction of sp³-hybridized carbons (Fsp3) is 0.250. The highest BCUT2D eigenvalue weighted by Gasteiger charge is 2.31. The van der Waals surface area contributed by atoms with E-state index in [1.165, 1.54) is 28.0 Å². The van der Waals surface area contributed by atoms with Gasteiger partial charge in [0.1, 0.15) is 6.17 Å². The Kier molecular flexibility index (Phi) is 5.11. The van der Waals surface area contributed by atoms with Crippen molar-refractivity contribution >= 4 is 23.0 Å². The molecule has 1 saturated heterocycles. The second kappa shape index (κ2) is 8.05. The maximum Gasteiger partial charge on any atom is 0.264 e. The summed E-state index contributed by atoms with van der Waals surface area (Å²) in [4.78, 5) is 17.8. The number of nitrogens with one attached hydrogen (secondary N) is 1. The molecule has 30 heavy (non-hydrogen) atoms. The Morgan fingerprint density at radius 2 is 1.77 bits per heavy atom. The van der Waals surface area contributed by atoms with Crippen LogP contribution in [0.3, 0.4) is 0 Å². The van der Waals surface area contributed by atoms with E-state index in [9.17, 15) is 4.79 Å². The summed E-state index contributed by atoms with van der Waals surface area (Å²) in [5.74, 6) is 0.140. The lowest BCUT2D eigenvalue weighted by Gasteiger charge is -2.40. The van der Waals surface area contributed by atoms with Crippen LogP contribution >= 0.6 is 11.3 Å². The van der Waals surface area contributed by atoms with E-state index in [2.05, 4.69) is 65.8 Å². The van der Waals surface area contributed by atoms with E-state index in [-0.39, 0.29) is 12.1 Å². The maximum absolute atomic E-state index is 12.6. The first kappa shape index (κ1) is 19.0. The van der Waals surface area contributed by atoms with Gasteiger partial charge in [-0.3, -0.25) is 15.1 Å². The van der Waals surface area contributed by atoms with Gasteiger partial charge in [-0.1, -0.05) is 60.2 Å². The highest BCUT2D eigenvalue weighted by atomic mass is 32.1. The van der Waals surface area contributed by atoms with Crippen molar-refractivity contribution in [1.82, 2.24) is 15.2 Å². The number of thiophene rings is 1. The highest BCUT2D eigenvalue weighted by molar-refractivity contribution is 7.12. The number of rotatable bonds is 3. The summed E-state index contributed by atoms with van der Waals surface area (Å²) < 4.78 is 0. The van der Waals surface area contributed by atoms with Gasteiger partial charge in [-0.05, 0) is 23.9 Å². The van der Waals surface area contributed by atoms with Crippen LogP contribution in [0, 0.1) is 6.92 Å². The predicted molar refractivity (Wildman–Crippen MR) is 121 cm³/mol. The van der Waals surface area contributed by atoms with Crippen molar-refractivity contribution in [3.05, 3.63) is 93.2 Å². The number of nitrogens with zero attached hydrogens (tertiary/aromatic N) is 3. The number of hydrogen-bond acceptors (Lipinski definition) is 5. The smallest absolute Gasteiger partial charge is 0.264 e. The van der Waals surface area contributed by atoms with Crippen LogP contribution in [-0.4, -0.2) is 47.6 Å². The summed E-state index contributed by atoms with van der Waals surface area (Å²) in [6.45, 7) is 5.19. The molecule has 3 aromatic rings. The Hall–Kier alpha value is -2.96. The summed E-state index contributed by atoms with van der Waals surface area (Å²) in [6, 6.07) is 20.8. The van der Waals surface area contributed by atoms with E-state index < -0.39 is 0 Å². The predicted octanol–water partition coefficient (Wildman–Crippen LogP) is 3.87. The molecule has 1 atom stereocenters. The van der Waals surface area contributed by atoms with Crippen molar-refractivity contribution in [2.24, 2.45) is 5.10 Å². The average molecular weight is 417 g/mol. The van der Waals surface area contributed by atoms with Gasteiger partial charge in [-0.15, -0.1) is 11.3 Å². The number of piperazine rings is 1. The van der Waals surface area contributed by atoms with Crippen LogP contribution in [0.25, 0.3) is 0 Å². The van der Waals surface area contributed by atoms with E-state index in [0.29, 0.717) is 0 Å². The first-order valence-corrected chi connectivity index (χ1v) is 11.1. The van der Waals surface area contributed by atoms with Gasteiger partial charge in [0.05, 0.1) is 10.6 Å². The molecule has 1 aromatic heterocycles. The third kappa shape index (κ3) is 3.53. The van der Waals surface area contributed by atoms with Gasteiger partial charge in [0.2, 0.25) is 0 Å². The summed E-state index contributed by atoms with van der Waals surface area (Å²) in [5.41, 5.74) is 9.13. The second-order valence-electron chi connectivity index (χ2n) is 7.75. The quantitative estimate of drug-likeness (QED) is 0.705. The van der Waals surface area contributed by atoms with E-state index in [4.69, 9.17) is 5.10 Å². The molecule has 0 aliphatic carbocycles. The third-order valence-corrected chi connectivity index (χ3v) is 6.69. The molecule has 152 valence electrons.